The Hall–Kier alpha value is -1.34. The Morgan fingerprint density at radius 3 is 2.50 bits per heavy atom. The van der Waals surface area contributed by atoms with Crippen LogP contribution in [0.5, 0.6) is 0 Å². The molecule has 7 heteroatoms. The Bertz CT molecular complexity index is 435. The van der Waals surface area contributed by atoms with Gasteiger partial charge in [-0.15, -0.1) is 0 Å². The summed E-state index contributed by atoms with van der Waals surface area (Å²) >= 11 is 0. The number of ether oxygens (including phenoxy) is 1. The third-order valence-corrected chi connectivity index (χ3v) is 4.25. The topological polar surface area (TPSA) is 79.1 Å². The molecule has 0 aromatic heterocycles. The number of piperazine rings is 1. The molecule has 0 radical (unpaired) electrons. The quantitative estimate of drug-likeness (QED) is 0.782. The third-order valence-electron chi connectivity index (χ3n) is 4.25. The number of hydrogen-bond donors (Lipinski definition) is 1. The molecular weight excluding hydrogens is 284 g/mol. The standard InChI is InChI=1S/C15H28N4O3/c1-15(2,3)22-14(21)18-7-8-19(11(9-16)10-18)12-5-6-17(4)13(12)20/h11-12H,5-10,16H2,1-4H3. The first-order valence-corrected chi connectivity index (χ1v) is 7.91. The van der Waals surface area contributed by atoms with Crippen LogP contribution in [0.2, 0.25) is 0 Å². The largest absolute Gasteiger partial charge is 0.444 e. The maximum atomic E-state index is 12.2. The lowest BCUT2D eigenvalue weighted by Gasteiger charge is -2.43. The molecule has 2 amide bonds. The molecular formula is C15H28N4O3. The maximum Gasteiger partial charge on any atom is 0.410 e. The number of likely N-dealkylation sites (N-methyl/N-ethyl adjacent to an activating group) is 1. The van der Waals surface area contributed by atoms with Crippen molar-refractivity contribution in [3.63, 3.8) is 0 Å². The molecule has 2 saturated heterocycles. The van der Waals surface area contributed by atoms with Gasteiger partial charge in [-0.2, -0.15) is 0 Å². The SMILES string of the molecule is CN1CCC(N2CCN(C(=O)OC(C)(C)C)CC2CN)C1=O. The highest BCUT2D eigenvalue weighted by atomic mass is 16.6. The number of amides is 2. The van der Waals surface area contributed by atoms with Crippen LogP contribution < -0.4 is 5.73 Å². The van der Waals surface area contributed by atoms with E-state index in [4.69, 9.17) is 10.5 Å². The van der Waals surface area contributed by atoms with E-state index in [1.54, 1.807) is 9.80 Å². The number of likely N-dealkylation sites (tertiary alicyclic amines) is 1. The molecule has 22 heavy (non-hydrogen) atoms. The van der Waals surface area contributed by atoms with Crippen molar-refractivity contribution in [2.24, 2.45) is 5.73 Å². The third kappa shape index (κ3) is 3.70. The molecule has 2 atom stereocenters. The summed E-state index contributed by atoms with van der Waals surface area (Å²) in [6.45, 7) is 8.51. The van der Waals surface area contributed by atoms with E-state index in [9.17, 15) is 9.59 Å². The molecule has 2 aliphatic rings. The average Bonchev–Trinajstić information content (AvgIpc) is 2.76. The molecule has 2 rings (SSSR count). The van der Waals surface area contributed by atoms with Crippen molar-refractivity contribution >= 4 is 12.0 Å². The van der Waals surface area contributed by atoms with Crippen molar-refractivity contribution in [2.45, 2.75) is 44.9 Å². The Kier molecular flexibility index (Phi) is 4.97. The van der Waals surface area contributed by atoms with E-state index in [1.165, 1.54) is 0 Å². The van der Waals surface area contributed by atoms with Crippen LogP contribution in [0.3, 0.4) is 0 Å². The summed E-state index contributed by atoms with van der Waals surface area (Å²) < 4.78 is 5.42. The second-order valence-electron chi connectivity index (χ2n) is 7.12. The number of carbonyl (C=O) groups is 2. The van der Waals surface area contributed by atoms with Gasteiger partial charge in [-0.1, -0.05) is 0 Å². The van der Waals surface area contributed by atoms with Crippen LogP contribution in [0.15, 0.2) is 0 Å². The van der Waals surface area contributed by atoms with Gasteiger partial charge in [-0.05, 0) is 27.2 Å². The summed E-state index contributed by atoms with van der Waals surface area (Å²) in [5.41, 5.74) is 5.38. The number of nitrogens with two attached hydrogens (primary N) is 1. The van der Waals surface area contributed by atoms with E-state index in [0.29, 0.717) is 26.2 Å². The van der Waals surface area contributed by atoms with E-state index in [2.05, 4.69) is 4.90 Å². The second-order valence-corrected chi connectivity index (χ2v) is 7.12. The minimum absolute atomic E-state index is 0.00159. The number of rotatable bonds is 2. The fourth-order valence-corrected chi connectivity index (χ4v) is 3.09. The van der Waals surface area contributed by atoms with E-state index in [0.717, 1.165) is 13.0 Å². The summed E-state index contributed by atoms with van der Waals surface area (Å²) in [7, 11) is 1.83. The molecule has 0 aromatic carbocycles. The summed E-state index contributed by atoms with van der Waals surface area (Å²) in [6, 6.07) is -0.0962. The van der Waals surface area contributed by atoms with Crippen molar-refractivity contribution in [1.29, 1.82) is 0 Å². The van der Waals surface area contributed by atoms with Crippen molar-refractivity contribution in [1.82, 2.24) is 14.7 Å². The fourth-order valence-electron chi connectivity index (χ4n) is 3.09. The molecule has 0 bridgehead atoms. The fraction of sp³-hybridized carbons (Fsp3) is 0.867. The van der Waals surface area contributed by atoms with Crippen LogP contribution in [0.25, 0.3) is 0 Å². The van der Waals surface area contributed by atoms with Gasteiger partial charge in [-0.3, -0.25) is 9.69 Å². The van der Waals surface area contributed by atoms with Gasteiger partial charge in [-0.25, -0.2) is 4.79 Å². The smallest absolute Gasteiger partial charge is 0.410 e. The molecule has 2 aliphatic heterocycles. The summed E-state index contributed by atoms with van der Waals surface area (Å²) in [6.07, 6.45) is 0.526. The van der Waals surface area contributed by atoms with Crippen LogP contribution in [0.4, 0.5) is 4.79 Å². The van der Waals surface area contributed by atoms with E-state index < -0.39 is 5.60 Å². The Morgan fingerprint density at radius 2 is 2.00 bits per heavy atom. The predicted octanol–water partition coefficient (Wildman–Crippen LogP) is 0.0971. The van der Waals surface area contributed by atoms with Gasteiger partial charge in [0.25, 0.3) is 0 Å². The molecule has 0 spiro atoms. The minimum atomic E-state index is -0.503. The van der Waals surface area contributed by atoms with Gasteiger partial charge < -0.3 is 20.3 Å². The second kappa shape index (κ2) is 6.42. The lowest BCUT2D eigenvalue weighted by molar-refractivity contribution is -0.132. The van der Waals surface area contributed by atoms with Crippen LogP contribution in [-0.2, 0) is 9.53 Å². The van der Waals surface area contributed by atoms with Crippen LogP contribution in [-0.4, -0.2) is 84.2 Å². The first-order chi connectivity index (χ1) is 10.2. The molecule has 2 unspecified atom stereocenters. The summed E-state index contributed by atoms with van der Waals surface area (Å²) in [4.78, 5) is 30.0. The molecule has 0 aliphatic carbocycles. The molecule has 126 valence electrons. The normalized spacial score (nSPS) is 27.4. The first-order valence-electron chi connectivity index (χ1n) is 7.91. The monoisotopic (exact) mass is 312 g/mol. The number of nitrogens with zero attached hydrogens (tertiary/aromatic N) is 3. The zero-order valence-corrected chi connectivity index (χ0v) is 14.0. The average molecular weight is 312 g/mol. The summed E-state index contributed by atoms with van der Waals surface area (Å²) in [5, 5.41) is 0. The van der Waals surface area contributed by atoms with Gasteiger partial charge in [0.1, 0.15) is 5.60 Å². The maximum absolute atomic E-state index is 12.2. The summed E-state index contributed by atoms with van der Waals surface area (Å²) in [5.74, 6) is 0.157. The molecule has 0 saturated carbocycles. The van der Waals surface area contributed by atoms with Crippen LogP contribution >= 0.6 is 0 Å². The predicted molar refractivity (Wildman–Crippen MR) is 83.4 cm³/mol. The zero-order chi connectivity index (χ0) is 16.5. The Labute approximate surface area is 132 Å². The zero-order valence-electron chi connectivity index (χ0n) is 14.0. The molecule has 2 heterocycles. The van der Waals surface area contributed by atoms with Gasteiger partial charge in [0.2, 0.25) is 5.91 Å². The van der Waals surface area contributed by atoms with E-state index >= 15 is 0 Å². The van der Waals surface area contributed by atoms with Gasteiger partial charge in [0.05, 0.1) is 6.04 Å². The number of hydrogen-bond acceptors (Lipinski definition) is 5. The van der Waals surface area contributed by atoms with Crippen molar-refractivity contribution < 1.29 is 14.3 Å². The van der Waals surface area contributed by atoms with Gasteiger partial charge in [0, 0.05) is 45.8 Å². The van der Waals surface area contributed by atoms with E-state index in [1.807, 2.05) is 27.8 Å². The van der Waals surface area contributed by atoms with Crippen LogP contribution in [0, 0.1) is 0 Å². The highest BCUT2D eigenvalue weighted by molar-refractivity contribution is 5.83. The highest BCUT2D eigenvalue weighted by Crippen LogP contribution is 2.22. The highest BCUT2D eigenvalue weighted by Gasteiger charge is 2.40. The van der Waals surface area contributed by atoms with Crippen LogP contribution in [0.1, 0.15) is 27.2 Å². The molecule has 2 fully saturated rings. The molecule has 7 nitrogen and oxygen atoms in total. The lowest BCUT2D eigenvalue weighted by Crippen LogP contribution is -2.61. The van der Waals surface area contributed by atoms with Crippen molar-refractivity contribution in [2.75, 3.05) is 39.8 Å². The van der Waals surface area contributed by atoms with Gasteiger partial charge in [0.15, 0.2) is 0 Å². The first kappa shape index (κ1) is 17.0. The molecule has 0 aromatic rings. The molecule has 2 N–H and O–H groups in total. The Morgan fingerprint density at radius 1 is 1.32 bits per heavy atom. The van der Waals surface area contributed by atoms with Gasteiger partial charge >= 0.3 is 6.09 Å². The van der Waals surface area contributed by atoms with Crippen molar-refractivity contribution in [3.05, 3.63) is 0 Å². The lowest BCUT2D eigenvalue weighted by atomic mass is 10.1. The van der Waals surface area contributed by atoms with E-state index in [-0.39, 0.29) is 24.1 Å². The Balaban J connectivity index is 1.99. The van der Waals surface area contributed by atoms with Crippen molar-refractivity contribution in [3.8, 4) is 0 Å². The number of carbonyl (C=O) groups excluding carboxylic acids is 2. The minimum Gasteiger partial charge on any atom is -0.444 e.